The number of benzene rings is 1. The van der Waals surface area contributed by atoms with E-state index in [1.807, 2.05) is 0 Å². The van der Waals surface area contributed by atoms with Crippen molar-refractivity contribution in [1.82, 2.24) is 0 Å². The molecule has 1 heterocycles. The fourth-order valence-electron chi connectivity index (χ4n) is 1.34. The molecule has 0 radical (unpaired) electrons. The van der Waals surface area contributed by atoms with Crippen LogP contribution in [0.5, 0.6) is 0 Å². The van der Waals surface area contributed by atoms with Crippen LogP contribution in [0.2, 0.25) is 0 Å². The molecule has 3 heteroatoms. The molecule has 1 aromatic carbocycles. The van der Waals surface area contributed by atoms with Gasteiger partial charge in [-0.15, -0.1) is 0 Å². The second-order valence-corrected chi connectivity index (χ2v) is 3.29. The Morgan fingerprint density at radius 3 is 2.73 bits per heavy atom. The number of hydrogen-bond acceptors (Lipinski definition) is 2. The van der Waals surface area contributed by atoms with Gasteiger partial charge in [-0.25, -0.2) is 4.39 Å². The zero-order valence-corrected chi connectivity index (χ0v) is 8.16. The van der Waals surface area contributed by atoms with E-state index in [1.165, 1.54) is 24.5 Å². The average Bonchev–Trinajstić information content (AvgIpc) is 2.69. The third-order valence-corrected chi connectivity index (χ3v) is 2.11. The Hall–Kier alpha value is -1.90. The van der Waals surface area contributed by atoms with Gasteiger partial charge in [-0.2, -0.15) is 0 Å². The highest BCUT2D eigenvalue weighted by Gasteiger charge is 2.15. The highest BCUT2D eigenvalue weighted by Crippen LogP contribution is 2.15. The van der Waals surface area contributed by atoms with E-state index in [2.05, 4.69) is 0 Å². The number of carbonyl (C=O) groups excluding carboxylic acids is 1. The number of halogens is 1. The number of hydrogen-bond donors (Lipinski definition) is 0. The Kier molecular flexibility index (Phi) is 2.37. The number of rotatable bonds is 2. The van der Waals surface area contributed by atoms with Crippen LogP contribution in [0.3, 0.4) is 0 Å². The van der Waals surface area contributed by atoms with Crippen molar-refractivity contribution < 1.29 is 13.6 Å². The van der Waals surface area contributed by atoms with Crippen LogP contribution in [0.25, 0.3) is 0 Å². The van der Waals surface area contributed by atoms with E-state index in [4.69, 9.17) is 4.42 Å². The highest BCUT2D eigenvalue weighted by molar-refractivity contribution is 6.07. The molecule has 0 fully saturated rings. The van der Waals surface area contributed by atoms with Gasteiger partial charge in [0.25, 0.3) is 0 Å². The van der Waals surface area contributed by atoms with Crippen LogP contribution in [0.4, 0.5) is 4.39 Å². The van der Waals surface area contributed by atoms with Gasteiger partial charge in [0, 0.05) is 0 Å². The lowest BCUT2D eigenvalue weighted by Gasteiger charge is -2.00. The van der Waals surface area contributed by atoms with E-state index >= 15 is 0 Å². The van der Waals surface area contributed by atoms with Crippen molar-refractivity contribution in [2.24, 2.45) is 0 Å². The molecule has 76 valence electrons. The lowest BCUT2D eigenvalue weighted by molar-refractivity contribution is 0.101. The summed E-state index contributed by atoms with van der Waals surface area (Å²) in [6.07, 6.45) is 1.39. The fraction of sp³-hybridized carbons (Fsp3) is 0.0833. The van der Waals surface area contributed by atoms with Gasteiger partial charge in [0.05, 0.1) is 11.8 Å². The maximum Gasteiger partial charge on any atom is 0.231 e. The minimum Gasteiger partial charge on any atom is -0.461 e. The minimum absolute atomic E-state index is 0.0375. The maximum absolute atomic E-state index is 13.4. The summed E-state index contributed by atoms with van der Waals surface area (Å²) < 4.78 is 18.3. The molecule has 2 rings (SSSR count). The molecule has 0 spiro atoms. The fourth-order valence-corrected chi connectivity index (χ4v) is 1.34. The Balaban J connectivity index is 2.42. The van der Waals surface area contributed by atoms with Crippen LogP contribution >= 0.6 is 0 Å². The summed E-state index contributed by atoms with van der Waals surface area (Å²) in [7, 11) is 0. The smallest absolute Gasteiger partial charge is 0.231 e. The van der Waals surface area contributed by atoms with E-state index in [-0.39, 0.29) is 11.3 Å². The standard InChI is InChI=1S/C12H9FO2/c1-8-4-5-9(10(13)7-8)12(14)11-3-2-6-15-11/h2-7H,1H3. The van der Waals surface area contributed by atoms with Crippen molar-refractivity contribution in [3.8, 4) is 0 Å². The highest BCUT2D eigenvalue weighted by atomic mass is 19.1. The second kappa shape index (κ2) is 3.69. The lowest BCUT2D eigenvalue weighted by Crippen LogP contribution is -2.03. The van der Waals surface area contributed by atoms with Gasteiger partial charge < -0.3 is 4.42 Å². The average molecular weight is 204 g/mol. The molecule has 0 N–H and O–H groups in total. The van der Waals surface area contributed by atoms with Crippen LogP contribution in [0, 0.1) is 12.7 Å². The van der Waals surface area contributed by atoms with Crippen LogP contribution in [0.15, 0.2) is 41.0 Å². The minimum atomic E-state index is -0.517. The molecule has 0 amide bonds. The van der Waals surface area contributed by atoms with Crippen LogP contribution in [0.1, 0.15) is 21.7 Å². The van der Waals surface area contributed by atoms with Crippen molar-refractivity contribution in [1.29, 1.82) is 0 Å². The molecule has 1 aromatic heterocycles. The van der Waals surface area contributed by atoms with Crippen molar-refractivity contribution in [2.75, 3.05) is 0 Å². The van der Waals surface area contributed by atoms with Crippen molar-refractivity contribution in [2.45, 2.75) is 6.92 Å². The molecule has 0 aliphatic rings. The summed E-state index contributed by atoms with van der Waals surface area (Å²) in [5.41, 5.74) is 0.819. The molecule has 0 aliphatic heterocycles. The largest absolute Gasteiger partial charge is 0.461 e. The summed E-state index contributed by atoms with van der Waals surface area (Å²) in [6.45, 7) is 1.77. The van der Waals surface area contributed by atoms with Gasteiger partial charge in [-0.3, -0.25) is 4.79 Å². The predicted molar refractivity (Wildman–Crippen MR) is 53.3 cm³/mol. The van der Waals surface area contributed by atoms with E-state index in [9.17, 15) is 9.18 Å². The summed E-state index contributed by atoms with van der Waals surface area (Å²) in [5.74, 6) is -0.799. The summed E-state index contributed by atoms with van der Waals surface area (Å²) >= 11 is 0. The van der Waals surface area contributed by atoms with Gasteiger partial charge in [0.1, 0.15) is 5.82 Å². The lowest BCUT2D eigenvalue weighted by atomic mass is 10.1. The second-order valence-electron chi connectivity index (χ2n) is 3.29. The molecule has 15 heavy (non-hydrogen) atoms. The zero-order valence-electron chi connectivity index (χ0n) is 8.16. The van der Waals surface area contributed by atoms with Gasteiger partial charge >= 0.3 is 0 Å². The molecular weight excluding hydrogens is 195 g/mol. The monoisotopic (exact) mass is 204 g/mol. The molecule has 0 atom stereocenters. The van der Waals surface area contributed by atoms with Crippen molar-refractivity contribution in [3.05, 3.63) is 59.3 Å². The Morgan fingerprint density at radius 1 is 1.33 bits per heavy atom. The van der Waals surface area contributed by atoms with E-state index in [0.717, 1.165) is 5.56 Å². The number of carbonyl (C=O) groups is 1. The molecule has 2 nitrogen and oxygen atoms in total. The third-order valence-electron chi connectivity index (χ3n) is 2.11. The normalized spacial score (nSPS) is 10.3. The summed E-state index contributed by atoms with van der Waals surface area (Å²) in [4.78, 5) is 11.7. The first-order chi connectivity index (χ1) is 7.18. The Morgan fingerprint density at radius 2 is 2.13 bits per heavy atom. The van der Waals surface area contributed by atoms with Crippen LogP contribution in [-0.4, -0.2) is 5.78 Å². The Labute approximate surface area is 86.3 Å². The van der Waals surface area contributed by atoms with Crippen LogP contribution in [-0.2, 0) is 0 Å². The molecule has 0 unspecified atom stereocenters. The predicted octanol–water partition coefficient (Wildman–Crippen LogP) is 2.96. The van der Waals surface area contributed by atoms with E-state index in [1.54, 1.807) is 19.1 Å². The van der Waals surface area contributed by atoms with Crippen molar-refractivity contribution in [3.63, 3.8) is 0 Å². The molecular formula is C12H9FO2. The number of furan rings is 1. The van der Waals surface area contributed by atoms with Gasteiger partial charge in [-0.05, 0) is 36.8 Å². The first-order valence-electron chi connectivity index (χ1n) is 4.53. The zero-order chi connectivity index (χ0) is 10.8. The molecule has 2 aromatic rings. The molecule has 0 saturated heterocycles. The van der Waals surface area contributed by atoms with Crippen LogP contribution < -0.4 is 0 Å². The van der Waals surface area contributed by atoms with Gasteiger partial charge in [-0.1, -0.05) is 6.07 Å². The molecule has 0 saturated carbocycles. The number of ketones is 1. The maximum atomic E-state index is 13.4. The van der Waals surface area contributed by atoms with E-state index < -0.39 is 11.6 Å². The first kappa shape index (κ1) is 9.65. The van der Waals surface area contributed by atoms with Crippen molar-refractivity contribution >= 4 is 5.78 Å². The first-order valence-corrected chi connectivity index (χ1v) is 4.53. The molecule has 0 aliphatic carbocycles. The molecule has 0 bridgehead atoms. The summed E-state index contributed by atoms with van der Waals surface area (Å²) in [6, 6.07) is 7.60. The number of aryl methyl sites for hydroxylation is 1. The summed E-state index contributed by atoms with van der Waals surface area (Å²) in [5, 5.41) is 0. The Bertz CT molecular complexity index is 486. The topological polar surface area (TPSA) is 30.2 Å². The quantitative estimate of drug-likeness (QED) is 0.704. The van der Waals surface area contributed by atoms with Gasteiger partial charge in [0.2, 0.25) is 5.78 Å². The van der Waals surface area contributed by atoms with Gasteiger partial charge in [0.15, 0.2) is 5.76 Å². The SMILES string of the molecule is Cc1ccc(C(=O)c2ccco2)c(F)c1. The third kappa shape index (κ3) is 1.81. The van der Waals surface area contributed by atoms with E-state index in [0.29, 0.717) is 0 Å².